The molecule has 4 nitrogen and oxygen atoms in total. The molecule has 0 radical (unpaired) electrons. The number of esters is 1. The number of ketones is 2. The van der Waals surface area contributed by atoms with Crippen LogP contribution >= 0.6 is 0 Å². The highest BCUT2D eigenvalue weighted by atomic mass is 16.5. The Hall–Kier alpha value is -2.49. The summed E-state index contributed by atoms with van der Waals surface area (Å²) >= 11 is 0. The van der Waals surface area contributed by atoms with Crippen LogP contribution in [0.25, 0.3) is 0 Å². The molecule has 1 aromatic carbocycles. The summed E-state index contributed by atoms with van der Waals surface area (Å²) in [4.78, 5) is 35.1. The van der Waals surface area contributed by atoms with Crippen LogP contribution in [-0.2, 0) is 9.53 Å². The summed E-state index contributed by atoms with van der Waals surface area (Å²) in [6.07, 6.45) is 11.5. The molecule has 0 aromatic heterocycles. The maximum Gasteiger partial charge on any atom is 0.337 e. The van der Waals surface area contributed by atoms with Crippen molar-refractivity contribution in [1.82, 2.24) is 0 Å². The lowest BCUT2D eigenvalue weighted by atomic mass is 10.0. The van der Waals surface area contributed by atoms with Gasteiger partial charge in [-0.1, -0.05) is 50.0 Å². The summed E-state index contributed by atoms with van der Waals surface area (Å²) in [6, 6.07) is 6.25. The van der Waals surface area contributed by atoms with Gasteiger partial charge in [-0.3, -0.25) is 9.59 Å². The van der Waals surface area contributed by atoms with Gasteiger partial charge in [0.25, 0.3) is 0 Å². The molecule has 0 heterocycles. The average Bonchev–Trinajstić information content (AvgIpc) is 3.10. The van der Waals surface area contributed by atoms with E-state index in [9.17, 15) is 14.4 Å². The van der Waals surface area contributed by atoms with E-state index in [1.54, 1.807) is 36.4 Å². The topological polar surface area (TPSA) is 60.4 Å². The maximum atomic E-state index is 12.0. The molecule has 0 saturated heterocycles. The van der Waals surface area contributed by atoms with Crippen molar-refractivity contribution in [1.29, 1.82) is 0 Å². The van der Waals surface area contributed by atoms with Crippen molar-refractivity contribution < 1.29 is 19.1 Å². The van der Waals surface area contributed by atoms with Crippen molar-refractivity contribution in [3.63, 3.8) is 0 Å². The molecular weight excluding hydrogens is 304 g/mol. The number of hydrogen-bond donors (Lipinski definition) is 0. The van der Waals surface area contributed by atoms with Crippen LogP contribution in [0.5, 0.6) is 0 Å². The quantitative estimate of drug-likeness (QED) is 0.330. The van der Waals surface area contributed by atoms with Crippen LogP contribution in [0, 0.1) is 5.92 Å². The van der Waals surface area contributed by atoms with Gasteiger partial charge in [-0.15, -0.1) is 0 Å². The van der Waals surface area contributed by atoms with E-state index >= 15 is 0 Å². The van der Waals surface area contributed by atoms with E-state index < -0.39 is 5.97 Å². The Bertz CT molecular complexity index is 647. The highest BCUT2D eigenvalue weighted by molar-refractivity contribution is 6.05. The molecule has 0 atom stereocenters. The van der Waals surface area contributed by atoms with Crippen molar-refractivity contribution >= 4 is 17.5 Å². The Morgan fingerprint density at radius 3 is 2.21 bits per heavy atom. The number of benzene rings is 1. The second kappa shape index (κ2) is 8.96. The Labute approximate surface area is 142 Å². The normalized spacial score (nSPS) is 15.2. The van der Waals surface area contributed by atoms with E-state index in [0.29, 0.717) is 23.5 Å². The van der Waals surface area contributed by atoms with Gasteiger partial charge in [0.15, 0.2) is 11.6 Å². The minimum atomic E-state index is -0.437. The summed E-state index contributed by atoms with van der Waals surface area (Å²) in [5, 5.41) is 0. The lowest BCUT2D eigenvalue weighted by Gasteiger charge is -2.03. The molecule has 126 valence electrons. The molecule has 4 heteroatoms. The lowest BCUT2D eigenvalue weighted by Crippen LogP contribution is -2.02. The molecule has 2 rings (SSSR count). The van der Waals surface area contributed by atoms with Crippen molar-refractivity contribution in [2.45, 2.75) is 32.1 Å². The van der Waals surface area contributed by atoms with E-state index in [4.69, 9.17) is 0 Å². The summed E-state index contributed by atoms with van der Waals surface area (Å²) in [5.41, 5.74) is 0.875. The average molecular weight is 326 g/mol. The zero-order valence-electron chi connectivity index (χ0n) is 13.9. The smallest absolute Gasteiger partial charge is 0.337 e. The van der Waals surface area contributed by atoms with Gasteiger partial charge in [-0.05, 0) is 30.2 Å². The SMILES string of the molecule is COC(=O)c1ccc(C(=O)/C=C/C=C/C(=O)CC2CCCC2)cc1. The van der Waals surface area contributed by atoms with E-state index in [0.717, 1.165) is 12.8 Å². The van der Waals surface area contributed by atoms with Crippen LogP contribution in [0.4, 0.5) is 0 Å². The zero-order chi connectivity index (χ0) is 17.4. The zero-order valence-corrected chi connectivity index (χ0v) is 13.9. The first-order valence-electron chi connectivity index (χ1n) is 8.20. The first kappa shape index (κ1) is 17.9. The Morgan fingerprint density at radius 1 is 1.00 bits per heavy atom. The number of hydrogen-bond acceptors (Lipinski definition) is 4. The van der Waals surface area contributed by atoms with Crippen molar-refractivity contribution in [3.8, 4) is 0 Å². The minimum Gasteiger partial charge on any atom is -0.465 e. The van der Waals surface area contributed by atoms with E-state index in [1.165, 1.54) is 32.1 Å². The molecule has 1 saturated carbocycles. The van der Waals surface area contributed by atoms with Gasteiger partial charge in [0, 0.05) is 12.0 Å². The van der Waals surface area contributed by atoms with Gasteiger partial charge < -0.3 is 4.74 Å². The monoisotopic (exact) mass is 326 g/mol. The maximum absolute atomic E-state index is 12.0. The van der Waals surface area contributed by atoms with Crippen LogP contribution in [0.1, 0.15) is 52.8 Å². The molecular formula is C20H22O4. The Balaban J connectivity index is 1.84. The van der Waals surface area contributed by atoms with Gasteiger partial charge in [0.1, 0.15) is 0 Å². The largest absolute Gasteiger partial charge is 0.465 e. The second-order valence-electron chi connectivity index (χ2n) is 5.97. The van der Waals surface area contributed by atoms with Crippen LogP contribution < -0.4 is 0 Å². The van der Waals surface area contributed by atoms with Gasteiger partial charge in [-0.25, -0.2) is 4.79 Å². The van der Waals surface area contributed by atoms with E-state index in [2.05, 4.69) is 4.74 Å². The number of carbonyl (C=O) groups excluding carboxylic acids is 3. The Kier molecular flexibility index (Phi) is 6.67. The van der Waals surface area contributed by atoms with Crippen molar-refractivity contribution in [2.24, 2.45) is 5.92 Å². The molecule has 0 aliphatic heterocycles. The third kappa shape index (κ3) is 5.30. The number of allylic oxidation sites excluding steroid dienone is 4. The summed E-state index contributed by atoms with van der Waals surface area (Å²) in [7, 11) is 1.31. The molecule has 0 unspecified atom stereocenters. The predicted octanol–water partition coefficient (Wildman–Crippen LogP) is 3.92. The molecule has 1 aliphatic rings. The standard InChI is InChI=1S/C20H22O4/c1-24-20(23)17-12-10-16(11-13-17)19(22)9-5-4-8-18(21)14-15-6-2-3-7-15/h4-5,8-13,15H,2-3,6-7,14H2,1H3/b8-4+,9-5+. The molecule has 1 aliphatic carbocycles. The van der Waals surface area contributed by atoms with Gasteiger partial charge in [-0.2, -0.15) is 0 Å². The highest BCUT2D eigenvalue weighted by Crippen LogP contribution is 2.27. The van der Waals surface area contributed by atoms with Crippen molar-refractivity contribution in [2.75, 3.05) is 7.11 Å². The second-order valence-corrected chi connectivity index (χ2v) is 5.97. The van der Waals surface area contributed by atoms with Crippen LogP contribution in [0.2, 0.25) is 0 Å². The number of ether oxygens (including phenoxy) is 1. The van der Waals surface area contributed by atoms with Crippen LogP contribution in [0.15, 0.2) is 48.6 Å². The Morgan fingerprint density at radius 2 is 1.58 bits per heavy atom. The number of rotatable bonds is 7. The van der Waals surface area contributed by atoms with E-state index in [-0.39, 0.29) is 11.6 Å². The fraction of sp³-hybridized carbons (Fsp3) is 0.350. The fourth-order valence-electron chi connectivity index (χ4n) is 2.86. The van der Waals surface area contributed by atoms with Gasteiger partial charge in [0.2, 0.25) is 0 Å². The lowest BCUT2D eigenvalue weighted by molar-refractivity contribution is -0.115. The minimum absolute atomic E-state index is 0.112. The highest BCUT2D eigenvalue weighted by Gasteiger charge is 2.16. The molecule has 0 bridgehead atoms. The first-order chi connectivity index (χ1) is 11.6. The summed E-state index contributed by atoms with van der Waals surface area (Å²) < 4.78 is 4.61. The fourth-order valence-corrected chi connectivity index (χ4v) is 2.86. The van der Waals surface area contributed by atoms with Crippen LogP contribution in [0.3, 0.4) is 0 Å². The molecule has 1 aromatic rings. The first-order valence-corrected chi connectivity index (χ1v) is 8.20. The predicted molar refractivity (Wildman–Crippen MR) is 92.0 cm³/mol. The van der Waals surface area contributed by atoms with Gasteiger partial charge >= 0.3 is 5.97 Å². The molecule has 24 heavy (non-hydrogen) atoms. The summed E-state index contributed by atoms with van der Waals surface area (Å²) in [5.74, 6) is 0.0232. The van der Waals surface area contributed by atoms with Gasteiger partial charge in [0.05, 0.1) is 12.7 Å². The number of carbonyl (C=O) groups is 3. The molecule has 0 N–H and O–H groups in total. The summed E-state index contributed by atoms with van der Waals surface area (Å²) in [6.45, 7) is 0. The van der Waals surface area contributed by atoms with Crippen LogP contribution in [-0.4, -0.2) is 24.6 Å². The third-order valence-corrected chi connectivity index (χ3v) is 4.20. The molecule has 0 spiro atoms. The molecule has 1 fully saturated rings. The number of methoxy groups -OCH3 is 1. The molecule has 0 amide bonds. The van der Waals surface area contributed by atoms with Crippen molar-refractivity contribution in [3.05, 3.63) is 59.7 Å². The van der Waals surface area contributed by atoms with E-state index in [1.807, 2.05) is 0 Å². The third-order valence-electron chi connectivity index (χ3n) is 4.20.